The molecule has 1 aromatic rings. The van der Waals surface area contributed by atoms with Gasteiger partial charge in [-0.25, -0.2) is 14.6 Å². The van der Waals surface area contributed by atoms with Crippen molar-refractivity contribution >= 4 is 29.5 Å². The van der Waals surface area contributed by atoms with Crippen LogP contribution in [0.5, 0.6) is 0 Å². The first kappa shape index (κ1) is 19.2. The van der Waals surface area contributed by atoms with Gasteiger partial charge in [0, 0.05) is 12.4 Å². The average Bonchev–Trinajstić information content (AvgIpc) is 3.15. The van der Waals surface area contributed by atoms with Crippen molar-refractivity contribution in [2.75, 3.05) is 7.11 Å². The molecule has 1 N–H and O–H groups in total. The average molecular weight is 369 g/mol. The quantitative estimate of drug-likeness (QED) is 0.644. The van der Waals surface area contributed by atoms with Crippen molar-refractivity contribution in [3.8, 4) is 0 Å². The molecule has 25 heavy (non-hydrogen) atoms. The summed E-state index contributed by atoms with van der Waals surface area (Å²) in [5.74, 6) is -0.589. The van der Waals surface area contributed by atoms with Crippen molar-refractivity contribution in [2.45, 2.75) is 57.3 Å². The van der Waals surface area contributed by atoms with E-state index in [1.165, 1.54) is 18.0 Å². The lowest BCUT2D eigenvalue weighted by Gasteiger charge is -2.34. The van der Waals surface area contributed by atoms with Crippen LogP contribution in [0.2, 0.25) is 0 Å². The van der Waals surface area contributed by atoms with Gasteiger partial charge in [-0.3, -0.25) is 4.57 Å². The zero-order valence-corrected chi connectivity index (χ0v) is 15.6. The van der Waals surface area contributed by atoms with Crippen LogP contribution in [0.4, 0.5) is 4.79 Å². The van der Waals surface area contributed by atoms with Crippen LogP contribution in [0.3, 0.4) is 0 Å². The van der Waals surface area contributed by atoms with Crippen molar-refractivity contribution in [1.82, 2.24) is 14.9 Å². The normalized spacial score (nSPS) is 23.0. The smallest absolute Gasteiger partial charge is 0.408 e. The number of hydrogen-bond acceptors (Lipinski definition) is 7. The van der Waals surface area contributed by atoms with Gasteiger partial charge in [0.15, 0.2) is 5.54 Å². The predicted octanol–water partition coefficient (Wildman–Crippen LogP) is 2.02. The molecule has 0 radical (unpaired) electrons. The lowest BCUT2D eigenvalue weighted by molar-refractivity contribution is -0.152. The number of ether oxygens (including phenoxy) is 3. The second-order valence-corrected chi connectivity index (χ2v) is 7.17. The first-order chi connectivity index (χ1) is 11.7. The van der Waals surface area contributed by atoms with Crippen molar-refractivity contribution in [1.29, 1.82) is 0 Å². The number of nitrogens with one attached hydrogen (secondary N) is 1. The monoisotopic (exact) mass is 369 g/mol. The van der Waals surface area contributed by atoms with E-state index in [1.54, 1.807) is 33.2 Å². The van der Waals surface area contributed by atoms with Gasteiger partial charge in [-0.15, -0.1) is 0 Å². The second-order valence-electron chi connectivity index (χ2n) is 6.82. The molecule has 0 saturated heterocycles. The Bertz CT molecular complexity index is 641. The predicted molar refractivity (Wildman–Crippen MR) is 93.1 cm³/mol. The molecule has 8 nitrogen and oxygen atoms in total. The number of rotatable bonds is 3. The van der Waals surface area contributed by atoms with Gasteiger partial charge in [0.05, 0.1) is 7.11 Å². The molecule has 1 saturated carbocycles. The molecule has 1 fully saturated rings. The highest BCUT2D eigenvalue weighted by atomic mass is 32.1. The molecule has 0 aromatic carbocycles. The van der Waals surface area contributed by atoms with Crippen LogP contribution in [0, 0.1) is 0 Å². The maximum absolute atomic E-state index is 12.5. The SMILES string of the molecule is COC(=O)C1(NC(=O)OC(C)(C)C)CCCC1OC(=S)n1ccnc1. The highest BCUT2D eigenvalue weighted by molar-refractivity contribution is 7.80. The van der Waals surface area contributed by atoms with Crippen molar-refractivity contribution in [3.63, 3.8) is 0 Å². The summed E-state index contributed by atoms with van der Waals surface area (Å²) in [4.78, 5) is 28.6. The van der Waals surface area contributed by atoms with Gasteiger partial charge in [-0.1, -0.05) is 0 Å². The van der Waals surface area contributed by atoms with Crippen LogP contribution in [0.25, 0.3) is 0 Å². The topological polar surface area (TPSA) is 91.7 Å². The Balaban J connectivity index is 2.20. The van der Waals surface area contributed by atoms with E-state index in [0.717, 1.165) is 0 Å². The van der Waals surface area contributed by atoms with Crippen LogP contribution in [-0.2, 0) is 19.0 Å². The zero-order chi connectivity index (χ0) is 18.7. The summed E-state index contributed by atoms with van der Waals surface area (Å²) in [6.07, 6.45) is 4.91. The van der Waals surface area contributed by atoms with E-state index < -0.39 is 29.3 Å². The van der Waals surface area contributed by atoms with Gasteiger partial charge in [-0.2, -0.15) is 0 Å². The van der Waals surface area contributed by atoms with E-state index in [-0.39, 0.29) is 5.17 Å². The summed E-state index contributed by atoms with van der Waals surface area (Å²) in [6.45, 7) is 5.23. The Morgan fingerprint density at radius 1 is 1.40 bits per heavy atom. The number of carbonyl (C=O) groups is 2. The summed E-state index contributed by atoms with van der Waals surface area (Å²) >= 11 is 5.24. The molecule has 1 aliphatic carbocycles. The van der Waals surface area contributed by atoms with Crippen molar-refractivity contribution in [2.24, 2.45) is 0 Å². The fourth-order valence-electron chi connectivity index (χ4n) is 2.78. The molecule has 0 bridgehead atoms. The highest BCUT2D eigenvalue weighted by Gasteiger charge is 2.54. The molecule has 2 unspecified atom stereocenters. The molecule has 2 rings (SSSR count). The Morgan fingerprint density at radius 2 is 2.12 bits per heavy atom. The molecular weight excluding hydrogens is 346 g/mol. The maximum atomic E-state index is 12.5. The van der Waals surface area contributed by atoms with Gasteiger partial charge in [0.2, 0.25) is 0 Å². The largest absolute Gasteiger partial charge is 0.467 e. The fraction of sp³-hybridized carbons (Fsp3) is 0.625. The molecule has 0 aliphatic heterocycles. The molecule has 1 aliphatic rings. The van der Waals surface area contributed by atoms with Gasteiger partial charge in [0.25, 0.3) is 5.17 Å². The molecule has 1 heterocycles. The summed E-state index contributed by atoms with van der Waals surface area (Å²) in [6, 6.07) is 0. The summed E-state index contributed by atoms with van der Waals surface area (Å²) < 4.78 is 17.5. The molecule has 0 spiro atoms. The summed E-state index contributed by atoms with van der Waals surface area (Å²) in [7, 11) is 1.27. The minimum atomic E-state index is -1.35. The molecule has 1 amide bonds. The van der Waals surface area contributed by atoms with Crippen LogP contribution >= 0.6 is 12.2 Å². The van der Waals surface area contributed by atoms with Crippen LogP contribution < -0.4 is 5.32 Å². The first-order valence-electron chi connectivity index (χ1n) is 7.96. The third kappa shape index (κ3) is 4.47. The zero-order valence-electron chi connectivity index (χ0n) is 14.8. The Kier molecular flexibility index (Phi) is 5.66. The number of alkyl carbamates (subject to hydrolysis) is 1. The lowest BCUT2D eigenvalue weighted by atomic mass is 9.95. The van der Waals surface area contributed by atoms with Crippen LogP contribution in [0.1, 0.15) is 40.0 Å². The number of nitrogens with zero attached hydrogens (tertiary/aromatic N) is 2. The van der Waals surface area contributed by atoms with E-state index in [0.29, 0.717) is 19.3 Å². The third-order valence-electron chi connectivity index (χ3n) is 3.82. The number of thiocarbonyl (C=S) groups is 1. The number of imidazole rings is 1. The van der Waals surface area contributed by atoms with E-state index in [2.05, 4.69) is 10.3 Å². The minimum Gasteiger partial charge on any atom is -0.467 e. The van der Waals surface area contributed by atoms with Gasteiger partial charge >= 0.3 is 12.1 Å². The molecule has 2 atom stereocenters. The van der Waals surface area contributed by atoms with Gasteiger partial charge < -0.3 is 19.5 Å². The number of aromatic nitrogens is 2. The Hall–Kier alpha value is -2.16. The summed E-state index contributed by atoms with van der Waals surface area (Å²) in [5.41, 5.74) is -2.04. The number of esters is 1. The molecular formula is C16H23N3O5S. The fourth-order valence-corrected chi connectivity index (χ4v) is 3.00. The Labute approximate surface area is 151 Å². The first-order valence-corrected chi connectivity index (χ1v) is 8.37. The lowest BCUT2D eigenvalue weighted by Crippen LogP contribution is -2.61. The number of carbonyl (C=O) groups excluding carboxylic acids is 2. The second kappa shape index (κ2) is 7.38. The molecule has 138 valence electrons. The number of hydrogen-bond donors (Lipinski definition) is 1. The summed E-state index contributed by atoms with van der Waals surface area (Å²) in [5, 5.41) is 2.80. The minimum absolute atomic E-state index is 0.142. The highest BCUT2D eigenvalue weighted by Crippen LogP contribution is 2.34. The number of amides is 1. The van der Waals surface area contributed by atoms with Gasteiger partial charge in [-0.05, 0) is 52.3 Å². The molecule has 9 heteroatoms. The van der Waals surface area contributed by atoms with Crippen LogP contribution in [0.15, 0.2) is 18.7 Å². The standard InChI is InChI=1S/C16H23N3O5S/c1-15(2,3)24-13(21)18-16(12(20)22-4)7-5-6-11(16)23-14(25)19-9-8-17-10-19/h8-11H,5-7H2,1-4H3,(H,18,21). The van der Waals surface area contributed by atoms with E-state index in [1.807, 2.05) is 0 Å². The van der Waals surface area contributed by atoms with Crippen molar-refractivity contribution < 1.29 is 23.8 Å². The number of methoxy groups -OCH3 is 1. The van der Waals surface area contributed by atoms with Gasteiger partial charge in [0.1, 0.15) is 18.0 Å². The van der Waals surface area contributed by atoms with E-state index >= 15 is 0 Å². The van der Waals surface area contributed by atoms with E-state index in [4.69, 9.17) is 26.4 Å². The van der Waals surface area contributed by atoms with E-state index in [9.17, 15) is 9.59 Å². The maximum Gasteiger partial charge on any atom is 0.408 e. The molecule has 1 aromatic heterocycles. The third-order valence-corrected chi connectivity index (χ3v) is 4.13. The van der Waals surface area contributed by atoms with Crippen molar-refractivity contribution in [3.05, 3.63) is 18.7 Å². The Morgan fingerprint density at radius 3 is 2.68 bits per heavy atom. The van der Waals surface area contributed by atoms with Crippen LogP contribution in [-0.4, -0.2) is 51.1 Å².